The van der Waals surface area contributed by atoms with E-state index in [1.165, 1.54) is 0 Å². The van der Waals surface area contributed by atoms with Crippen molar-refractivity contribution in [2.75, 3.05) is 13.2 Å². The van der Waals surface area contributed by atoms with Gasteiger partial charge < -0.3 is 9.47 Å². The summed E-state index contributed by atoms with van der Waals surface area (Å²) in [5.41, 5.74) is 0. The molecule has 0 saturated heterocycles. The van der Waals surface area contributed by atoms with Crippen LogP contribution in [-0.4, -0.2) is 40.3 Å². The lowest BCUT2D eigenvalue weighted by atomic mass is 10.9. The second-order valence-electron chi connectivity index (χ2n) is 1.48. The van der Waals surface area contributed by atoms with Gasteiger partial charge in [0.2, 0.25) is 0 Å². The minimum Gasteiger partial charge on any atom is -0.358 e. The maximum atomic E-state index is 5.12. The van der Waals surface area contributed by atoms with E-state index in [-0.39, 0.29) is 16.9 Å². The molecule has 0 aliphatic carbocycles. The monoisotopic (exact) mass is 166 g/mol. The SMILES string of the molecule is CCOC([SiH3])OCC.[SiH4]. The van der Waals surface area contributed by atoms with Crippen LogP contribution >= 0.6 is 0 Å². The third-order valence-corrected chi connectivity index (χ3v) is 1.47. The lowest BCUT2D eigenvalue weighted by molar-refractivity contribution is -0.0801. The van der Waals surface area contributed by atoms with E-state index in [1.807, 2.05) is 13.8 Å². The van der Waals surface area contributed by atoms with Crippen LogP contribution < -0.4 is 0 Å². The van der Waals surface area contributed by atoms with Gasteiger partial charge in [-0.05, 0) is 24.8 Å². The second-order valence-corrected chi connectivity index (χ2v) is 2.42. The Morgan fingerprint density at radius 2 is 1.56 bits per heavy atom. The lowest BCUT2D eigenvalue weighted by Gasteiger charge is -2.09. The highest BCUT2D eigenvalue weighted by Gasteiger charge is 1.94. The van der Waals surface area contributed by atoms with E-state index in [9.17, 15) is 0 Å². The summed E-state index contributed by atoms with van der Waals surface area (Å²) in [4.78, 5) is 0. The Bertz CT molecular complexity index is 46.2. The topological polar surface area (TPSA) is 18.5 Å². The van der Waals surface area contributed by atoms with E-state index >= 15 is 0 Å². The fraction of sp³-hybridized carbons (Fsp3) is 1.00. The predicted molar refractivity (Wildman–Crippen MR) is 48.3 cm³/mol. The lowest BCUT2D eigenvalue weighted by Crippen LogP contribution is -2.16. The molecule has 0 heterocycles. The molecule has 0 bridgehead atoms. The summed E-state index contributed by atoms with van der Waals surface area (Å²) >= 11 is 0. The summed E-state index contributed by atoms with van der Waals surface area (Å²) in [5, 5.41) is 0. The average molecular weight is 166 g/mol. The van der Waals surface area contributed by atoms with Gasteiger partial charge in [-0.15, -0.1) is 0 Å². The molecule has 0 aliphatic rings. The molecule has 58 valence electrons. The zero-order chi connectivity index (χ0) is 6.41. The van der Waals surface area contributed by atoms with E-state index in [0.717, 1.165) is 23.5 Å². The van der Waals surface area contributed by atoms with E-state index in [4.69, 9.17) is 9.47 Å². The normalized spacial score (nSPS) is 9.67. The van der Waals surface area contributed by atoms with Crippen LogP contribution in [0.3, 0.4) is 0 Å². The van der Waals surface area contributed by atoms with Crippen molar-refractivity contribution < 1.29 is 9.47 Å². The third kappa shape index (κ3) is 8.35. The molecule has 0 saturated carbocycles. The molecule has 2 nitrogen and oxygen atoms in total. The van der Waals surface area contributed by atoms with Crippen LogP contribution in [0.5, 0.6) is 0 Å². The maximum Gasteiger partial charge on any atom is 0.131 e. The Morgan fingerprint density at radius 3 is 1.78 bits per heavy atom. The Labute approximate surface area is 64.4 Å². The zero-order valence-corrected chi connectivity index (χ0v) is 7.81. The Morgan fingerprint density at radius 1 is 1.22 bits per heavy atom. The Hall–Kier alpha value is 0.354. The number of hydrogen-bond acceptors (Lipinski definition) is 2. The highest BCUT2D eigenvalue weighted by atomic mass is 28.1. The maximum absolute atomic E-state index is 5.12. The van der Waals surface area contributed by atoms with Gasteiger partial charge >= 0.3 is 0 Å². The van der Waals surface area contributed by atoms with Gasteiger partial charge in [-0.25, -0.2) is 0 Å². The van der Waals surface area contributed by atoms with Crippen molar-refractivity contribution in [3.8, 4) is 0 Å². The fourth-order valence-corrected chi connectivity index (χ4v) is 1.18. The summed E-state index contributed by atoms with van der Waals surface area (Å²) < 4.78 is 10.2. The van der Waals surface area contributed by atoms with Crippen LogP contribution in [0.15, 0.2) is 0 Å². The van der Waals surface area contributed by atoms with Crippen LogP contribution in [-0.2, 0) is 9.47 Å². The summed E-state index contributed by atoms with van der Waals surface area (Å²) in [7, 11) is 0.964. The van der Waals surface area contributed by atoms with Gasteiger partial charge in [0, 0.05) is 13.2 Å². The van der Waals surface area contributed by atoms with Gasteiger partial charge in [-0.2, -0.15) is 0 Å². The first-order chi connectivity index (χ1) is 3.81. The summed E-state index contributed by atoms with van der Waals surface area (Å²) in [6.07, 6.45) is 0. The van der Waals surface area contributed by atoms with Gasteiger partial charge in [-0.1, -0.05) is 0 Å². The molecule has 0 unspecified atom stereocenters. The molecule has 0 fully saturated rings. The van der Waals surface area contributed by atoms with Gasteiger partial charge in [-0.3, -0.25) is 0 Å². The predicted octanol–water partition coefficient (Wildman–Crippen LogP) is -1.74. The first-order valence-corrected chi connectivity index (χ1v) is 4.20. The number of hydrogen-bond donors (Lipinski definition) is 0. The van der Waals surface area contributed by atoms with Gasteiger partial charge in [0.1, 0.15) is 5.91 Å². The van der Waals surface area contributed by atoms with E-state index in [0.29, 0.717) is 0 Å². The average Bonchev–Trinajstić information content (AvgIpc) is 1.68. The Kier molecular flexibility index (Phi) is 11.2. The largest absolute Gasteiger partial charge is 0.358 e. The van der Waals surface area contributed by atoms with E-state index in [1.54, 1.807) is 0 Å². The zero-order valence-electron chi connectivity index (χ0n) is 5.81. The fourth-order valence-electron chi connectivity index (χ4n) is 0.518. The van der Waals surface area contributed by atoms with E-state index < -0.39 is 0 Å². The minimum atomic E-state index is 0. The van der Waals surface area contributed by atoms with Gasteiger partial charge in [0.15, 0.2) is 0 Å². The van der Waals surface area contributed by atoms with Crippen molar-refractivity contribution in [1.29, 1.82) is 0 Å². The van der Waals surface area contributed by atoms with Crippen molar-refractivity contribution in [2.24, 2.45) is 0 Å². The summed E-state index contributed by atoms with van der Waals surface area (Å²) in [6.45, 7) is 5.47. The summed E-state index contributed by atoms with van der Waals surface area (Å²) in [6, 6.07) is 0. The van der Waals surface area contributed by atoms with Crippen molar-refractivity contribution in [3.05, 3.63) is 0 Å². The molecule has 0 amide bonds. The molecular weight excluding hydrogens is 148 g/mol. The van der Waals surface area contributed by atoms with Crippen LogP contribution in [0.1, 0.15) is 13.8 Å². The number of ether oxygens (including phenoxy) is 2. The van der Waals surface area contributed by atoms with Crippen molar-refractivity contribution in [1.82, 2.24) is 0 Å². The first kappa shape index (κ1) is 12.1. The highest BCUT2D eigenvalue weighted by Crippen LogP contribution is 1.86. The molecule has 0 aliphatic heterocycles. The molecule has 0 rings (SSSR count). The van der Waals surface area contributed by atoms with Crippen LogP contribution in [0.4, 0.5) is 0 Å². The van der Waals surface area contributed by atoms with Crippen molar-refractivity contribution in [3.63, 3.8) is 0 Å². The third-order valence-electron chi connectivity index (χ3n) is 0.803. The van der Waals surface area contributed by atoms with Crippen LogP contribution in [0.2, 0.25) is 0 Å². The minimum absolute atomic E-state index is 0. The molecule has 0 spiro atoms. The van der Waals surface area contributed by atoms with Crippen molar-refractivity contribution in [2.45, 2.75) is 19.8 Å². The smallest absolute Gasteiger partial charge is 0.131 e. The number of rotatable bonds is 4. The molecule has 0 atom stereocenters. The van der Waals surface area contributed by atoms with Crippen molar-refractivity contribution >= 4 is 21.2 Å². The molecule has 0 aromatic carbocycles. The summed E-state index contributed by atoms with van der Waals surface area (Å²) in [5.74, 6) is 0.102. The van der Waals surface area contributed by atoms with Gasteiger partial charge in [0.05, 0.1) is 10.2 Å². The highest BCUT2D eigenvalue weighted by molar-refractivity contribution is 6.09. The van der Waals surface area contributed by atoms with Crippen LogP contribution in [0.25, 0.3) is 0 Å². The second kappa shape index (κ2) is 8.35. The molecule has 0 aromatic heterocycles. The first-order valence-electron chi connectivity index (χ1n) is 3.04. The quantitative estimate of drug-likeness (QED) is 0.365. The molecule has 4 heteroatoms. The molecular formula is C5H18O2Si2. The van der Waals surface area contributed by atoms with Crippen LogP contribution in [0, 0.1) is 0 Å². The standard InChI is InChI=1S/C5H14O2Si.H4Si/c1-3-6-5(8)7-4-2;/h5H,3-4H2,1-2,8H3;1H4. The molecule has 9 heavy (non-hydrogen) atoms. The van der Waals surface area contributed by atoms with Gasteiger partial charge in [0.25, 0.3) is 0 Å². The molecule has 0 aromatic rings. The molecule has 0 N–H and O–H groups in total. The molecule has 0 radical (unpaired) electrons. The van der Waals surface area contributed by atoms with E-state index in [2.05, 4.69) is 0 Å². The Balaban J connectivity index is 0.